The Morgan fingerprint density at radius 2 is 2.00 bits per heavy atom. The Morgan fingerprint density at radius 1 is 1.19 bits per heavy atom. The second-order valence-corrected chi connectivity index (χ2v) is 6.73. The van der Waals surface area contributed by atoms with E-state index in [-0.39, 0.29) is 6.04 Å². The van der Waals surface area contributed by atoms with Gasteiger partial charge in [0.15, 0.2) is 0 Å². The summed E-state index contributed by atoms with van der Waals surface area (Å²) >= 11 is 16.1. The Balaban J connectivity index is 2.15. The zero-order chi connectivity index (χ0) is 15.0. The van der Waals surface area contributed by atoms with Crippen LogP contribution in [0.1, 0.15) is 22.7 Å². The minimum absolute atomic E-state index is 0.0689. The van der Waals surface area contributed by atoms with E-state index < -0.39 is 0 Å². The van der Waals surface area contributed by atoms with E-state index in [1.54, 1.807) is 6.07 Å². The molecular formula is C16H14BrCl2NO. The van der Waals surface area contributed by atoms with Crippen LogP contribution in [0, 0.1) is 0 Å². The first-order valence-corrected chi connectivity index (χ1v) is 8.22. The molecule has 0 saturated heterocycles. The van der Waals surface area contributed by atoms with Crippen LogP contribution < -0.4 is 10.1 Å². The van der Waals surface area contributed by atoms with Crippen molar-refractivity contribution in [3.63, 3.8) is 0 Å². The fourth-order valence-corrected chi connectivity index (χ4v) is 3.66. The van der Waals surface area contributed by atoms with Crippen molar-refractivity contribution in [2.24, 2.45) is 0 Å². The summed E-state index contributed by atoms with van der Waals surface area (Å²) in [5.41, 5.74) is 3.24. The highest BCUT2D eigenvalue weighted by Gasteiger charge is 2.25. The topological polar surface area (TPSA) is 21.3 Å². The van der Waals surface area contributed by atoms with E-state index in [4.69, 9.17) is 27.9 Å². The predicted octanol–water partition coefficient (Wildman–Crippen LogP) is 5.00. The van der Waals surface area contributed by atoms with Crippen molar-refractivity contribution in [3.8, 4) is 5.75 Å². The molecule has 3 rings (SSSR count). The minimum atomic E-state index is -0.0689. The van der Waals surface area contributed by atoms with E-state index in [1.807, 2.05) is 19.2 Å². The number of benzene rings is 2. The van der Waals surface area contributed by atoms with Crippen LogP contribution in [0.4, 0.5) is 0 Å². The number of fused-ring (bicyclic) bond motifs is 1. The molecule has 1 heterocycles. The predicted molar refractivity (Wildman–Crippen MR) is 90.7 cm³/mol. The molecule has 2 nitrogen and oxygen atoms in total. The smallest absolute Gasteiger partial charge is 0.127 e. The van der Waals surface area contributed by atoms with Crippen molar-refractivity contribution in [2.75, 3.05) is 13.7 Å². The van der Waals surface area contributed by atoms with E-state index in [0.29, 0.717) is 10.0 Å². The van der Waals surface area contributed by atoms with Crippen LogP contribution in [0.2, 0.25) is 10.0 Å². The second-order valence-electron chi connectivity index (χ2n) is 4.97. The molecular weight excluding hydrogens is 373 g/mol. The van der Waals surface area contributed by atoms with Crippen LogP contribution in [-0.4, -0.2) is 13.7 Å². The lowest BCUT2D eigenvalue weighted by molar-refractivity contribution is 0.351. The lowest BCUT2D eigenvalue weighted by Gasteiger charge is -2.21. The first-order chi connectivity index (χ1) is 10.1. The Labute approximate surface area is 142 Å². The molecule has 0 aromatic heterocycles. The fraction of sp³-hybridized carbons (Fsp3) is 0.250. The van der Waals surface area contributed by atoms with E-state index in [9.17, 15) is 0 Å². The summed E-state index contributed by atoms with van der Waals surface area (Å²) in [6.07, 6.45) is 0.932. The van der Waals surface area contributed by atoms with Crippen molar-refractivity contribution in [1.82, 2.24) is 5.32 Å². The fourth-order valence-electron chi connectivity index (χ4n) is 2.73. The summed E-state index contributed by atoms with van der Waals surface area (Å²) < 4.78 is 6.86. The molecule has 1 aliphatic rings. The van der Waals surface area contributed by atoms with Crippen LogP contribution in [0.5, 0.6) is 5.75 Å². The van der Waals surface area contributed by atoms with Crippen molar-refractivity contribution in [3.05, 3.63) is 61.5 Å². The van der Waals surface area contributed by atoms with E-state index in [1.165, 1.54) is 5.56 Å². The summed E-state index contributed by atoms with van der Waals surface area (Å²) in [7, 11) is 1.91. The zero-order valence-electron chi connectivity index (χ0n) is 11.4. The molecule has 0 spiro atoms. The van der Waals surface area contributed by atoms with Gasteiger partial charge in [-0.25, -0.2) is 0 Å². The molecule has 0 saturated carbocycles. The van der Waals surface area contributed by atoms with Crippen LogP contribution >= 0.6 is 39.1 Å². The van der Waals surface area contributed by atoms with Crippen LogP contribution in [0.3, 0.4) is 0 Å². The molecule has 5 heteroatoms. The summed E-state index contributed by atoms with van der Waals surface area (Å²) in [6.45, 7) is 0.721. The SMILES string of the molecule is CNC(c1cc(Cl)ccc1Cl)c1cc(Br)cc2c1OCC2. The molecule has 1 N–H and O–H groups in total. The van der Waals surface area contributed by atoms with Crippen LogP contribution in [-0.2, 0) is 6.42 Å². The Hall–Kier alpha value is -0.740. The molecule has 1 unspecified atom stereocenters. The normalized spacial score (nSPS) is 14.7. The Morgan fingerprint density at radius 3 is 2.76 bits per heavy atom. The number of halogens is 3. The molecule has 110 valence electrons. The van der Waals surface area contributed by atoms with Gasteiger partial charge in [0.2, 0.25) is 0 Å². The minimum Gasteiger partial charge on any atom is -0.493 e. The molecule has 0 radical (unpaired) electrons. The van der Waals surface area contributed by atoms with E-state index in [0.717, 1.165) is 34.4 Å². The van der Waals surface area contributed by atoms with Gasteiger partial charge in [-0.3, -0.25) is 0 Å². The third-order valence-electron chi connectivity index (χ3n) is 3.65. The maximum absolute atomic E-state index is 6.36. The van der Waals surface area contributed by atoms with Gasteiger partial charge < -0.3 is 10.1 Å². The number of ether oxygens (including phenoxy) is 1. The molecule has 0 aliphatic carbocycles. The van der Waals surface area contributed by atoms with Gasteiger partial charge in [0.05, 0.1) is 12.6 Å². The number of hydrogen-bond acceptors (Lipinski definition) is 2. The number of hydrogen-bond donors (Lipinski definition) is 1. The first-order valence-electron chi connectivity index (χ1n) is 6.67. The van der Waals surface area contributed by atoms with Gasteiger partial charge in [-0.1, -0.05) is 39.1 Å². The highest BCUT2D eigenvalue weighted by atomic mass is 79.9. The maximum Gasteiger partial charge on any atom is 0.127 e. The molecule has 0 fully saturated rings. The standard InChI is InChI=1S/C16H14BrCl2NO/c1-20-15(12-8-11(18)2-3-14(12)19)13-7-10(17)6-9-4-5-21-16(9)13/h2-3,6-8,15,20H,4-5H2,1H3. The summed E-state index contributed by atoms with van der Waals surface area (Å²) in [5.74, 6) is 0.952. The van der Waals surface area contributed by atoms with E-state index in [2.05, 4.69) is 33.4 Å². The lowest BCUT2D eigenvalue weighted by Crippen LogP contribution is -2.19. The van der Waals surface area contributed by atoms with E-state index >= 15 is 0 Å². The average molecular weight is 387 g/mol. The largest absolute Gasteiger partial charge is 0.493 e. The first kappa shape index (κ1) is 15.2. The number of nitrogens with one attached hydrogen (secondary N) is 1. The molecule has 0 amide bonds. The summed E-state index contributed by atoms with van der Waals surface area (Å²) in [5, 5.41) is 4.67. The maximum atomic E-state index is 6.36. The molecule has 2 aromatic rings. The van der Waals surface area contributed by atoms with Gasteiger partial charge in [-0.15, -0.1) is 0 Å². The monoisotopic (exact) mass is 385 g/mol. The van der Waals surface area contributed by atoms with Gasteiger partial charge >= 0.3 is 0 Å². The Bertz CT molecular complexity index is 690. The van der Waals surface area contributed by atoms with Gasteiger partial charge in [0.1, 0.15) is 5.75 Å². The number of rotatable bonds is 3. The van der Waals surface area contributed by atoms with Crippen molar-refractivity contribution in [1.29, 1.82) is 0 Å². The van der Waals surface area contributed by atoms with Gasteiger partial charge in [0.25, 0.3) is 0 Å². The quantitative estimate of drug-likeness (QED) is 0.801. The second kappa shape index (κ2) is 6.17. The molecule has 2 aromatic carbocycles. The van der Waals surface area contributed by atoms with Crippen molar-refractivity contribution in [2.45, 2.75) is 12.5 Å². The van der Waals surface area contributed by atoms with Crippen LogP contribution in [0.15, 0.2) is 34.8 Å². The summed E-state index contributed by atoms with van der Waals surface area (Å²) in [4.78, 5) is 0. The highest BCUT2D eigenvalue weighted by Crippen LogP contribution is 2.40. The molecule has 1 atom stereocenters. The molecule has 21 heavy (non-hydrogen) atoms. The zero-order valence-corrected chi connectivity index (χ0v) is 14.5. The average Bonchev–Trinajstić information content (AvgIpc) is 2.91. The highest BCUT2D eigenvalue weighted by molar-refractivity contribution is 9.10. The Kier molecular flexibility index (Phi) is 4.46. The third-order valence-corrected chi connectivity index (χ3v) is 4.68. The van der Waals surface area contributed by atoms with Crippen LogP contribution in [0.25, 0.3) is 0 Å². The third kappa shape index (κ3) is 2.93. The van der Waals surface area contributed by atoms with Gasteiger partial charge in [0, 0.05) is 26.5 Å². The van der Waals surface area contributed by atoms with Crippen molar-refractivity contribution < 1.29 is 4.74 Å². The van der Waals surface area contributed by atoms with Gasteiger partial charge in [-0.2, -0.15) is 0 Å². The lowest BCUT2D eigenvalue weighted by atomic mass is 9.96. The molecule has 0 bridgehead atoms. The molecule has 1 aliphatic heterocycles. The van der Waals surface area contributed by atoms with Crippen molar-refractivity contribution >= 4 is 39.1 Å². The summed E-state index contributed by atoms with van der Waals surface area (Å²) in [6, 6.07) is 9.62. The van der Waals surface area contributed by atoms with Gasteiger partial charge in [-0.05, 0) is 48.5 Å².